The second-order valence-corrected chi connectivity index (χ2v) is 4.49. The number of nitrogens with zero attached hydrogens (tertiary/aromatic N) is 1. The third-order valence-corrected chi connectivity index (χ3v) is 3.18. The molecule has 0 amide bonds. The van der Waals surface area contributed by atoms with Crippen LogP contribution < -0.4 is 0 Å². The number of hydrogen-bond donors (Lipinski definition) is 1. The summed E-state index contributed by atoms with van der Waals surface area (Å²) >= 11 is 0. The molecule has 0 aliphatic carbocycles. The fraction of sp³-hybridized carbons (Fsp3) is 0.571. The molecule has 1 N–H and O–H groups in total. The minimum atomic E-state index is -0.188. The largest absolute Gasteiger partial charge is 0.396 e. The molecule has 0 aliphatic rings. The van der Waals surface area contributed by atoms with Gasteiger partial charge in [-0.25, -0.2) is 4.39 Å². The van der Waals surface area contributed by atoms with E-state index in [9.17, 15) is 4.39 Å². The van der Waals surface area contributed by atoms with E-state index in [1.165, 1.54) is 12.1 Å². The number of halogens is 1. The van der Waals surface area contributed by atoms with Crippen LogP contribution in [0.25, 0.3) is 0 Å². The van der Waals surface area contributed by atoms with Gasteiger partial charge in [-0.2, -0.15) is 0 Å². The smallest absolute Gasteiger partial charge is 0.123 e. The molecule has 2 nitrogen and oxygen atoms in total. The Morgan fingerprint density at radius 3 is 2.41 bits per heavy atom. The first-order valence-electron chi connectivity index (χ1n) is 6.21. The van der Waals surface area contributed by atoms with E-state index in [0.717, 1.165) is 31.4 Å². The van der Waals surface area contributed by atoms with E-state index < -0.39 is 0 Å². The number of hydrogen-bond acceptors (Lipinski definition) is 2. The van der Waals surface area contributed by atoms with Crippen LogP contribution in [-0.4, -0.2) is 30.2 Å². The molecule has 0 fully saturated rings. The Kier molecular flexibility index (Phi) is 6.16. The number of rotatable bonds is 7. The first kappa shape index (κ1) is 14.1. The van der Waals surface area contributed by atoms with E-state index in [0.29, 0.717) is 6.04 Å². The van der Waals surface area contributed by atoms with E-state index in [1.807, 2.05) is 12.1 Å². The zero-order valence-corrected chi connectivity index (χ0v) is 10.7. The van der Waals surface area contributed by atoms with Gasteiger partial charge in [0, 0.05) is 12.6 Å². The van der Waals surface area contributed by atoms with Gasteiger partial charge in [0.25, 0.3) is 0 Å². The molecule has 1 aromatic carbocycles. The number of benzene rings is 1. The van der Waals surface area contributed by atoms with Crippen LogP contribution in [-0.2, 0) is 0 Å². The molecule has 0 radical (unpaired) electrons. The number of unbranched alkanes of at least 4 members (excludes halogenated alkanes) is 2. The molecule has 1 aromatic rings. The molecule has 0 aliphatic heterocycles. The van der Waals surface area contributed by atoms with Gasteiger partial charge in [-0.15, -0.1) is 0 Å². The van der Waals surface area contributed by atoms with Gasteiger partial charge in [-0.05, 0) is 57.5 Å². The van der Waals surface area contributed by atoms with Crippen LogP contribution in [0.3, 0.4) is 0 Å². The highest BCUT2D eigenvalue weighted by Gasteiger charge is 2.10. The summed E-state index contributed by atoms with van der Waals surface area (Å²) in [7, 11) is 2.08. The molecule has 0 saturated heterocycles. The Morgan fingerprint density at radius 2 is 1.82 bits per heavy atom. The monoisotopic (exact) mass is 239 g/mol. The van der Waals surface area contributed by atoms with Crippen molar-refractivity contribution in [1.29, 1.82) is 0 Å². The highest BCUT2D eigenvalue weighted by atomic mass is 19.1. The molecular weight excluding hydrogens is 217 g/mol. The van der Waals surface area contributed by atoms with Crippen molar-refractivity contribution in [2.75, 3.05) is 20.2 Å². The van der Waals surface area contributed by atoms with Crippen molar-refractivity contribution in [1.82, 2.24) is 4.90 Å². The fourth-order valence-electron chi connectivity index (χ4n) is 1.84. The van der Waals surface area contributed by atoms with Gasteiger partial charge in [0.1, 0.15) is 5.82 Å². The summed E-state index contributed by atoms with van der Waals surface area (Å²) in [5, 5.41) is 8.70. The molecule has 3 heteroatoms. The third-order valence-electron chi connectivity index (χ3n) is 3.18. The van der Waals surface area contributed by atoms with Gasteiger partial charge in [-0.3, -0.25) is 4.90 Å². The summed E-state index contributed by atoms with van der Waals surface area (Å²) in [6.45, 7) is 3.40. The lowest BCUT2D eigenvalue weighted by molar-refractivity contribution is 0.244. The highest BCUT2D eigenvalue weighted by Crippen LogP contribution is 2.19. The molecule has 1 rings (SSSR count). The lowest BCUT2D eigenvalue weighted by Gasteiger charge is -2.25. The van der Waals surface area contributed by atoms with E-state index in [2.05, 4.69) is 18.9 Å². The zero-order chi connectivity index (χ0) is 12.7. The lowest BCUT2D eigenvalue weighted by Crippen LogP contribution is -2.23. The van der Waals surface area contributed by atoms with Gasteiger partial charge in [0.05, 0.1) is 0 Å². The van der Waals surface area contributed by atoms with Crippen LogP contribution in [0.5, 0.6) is 0 Å². The first-order valence-corrected chi connectivity index (χ1v) is 6.21. The van der Waals surface area contributed by atoms with Crippen LogP contribution in [0.2, 0.25) is 0 Å². The predicted molar refractivity (Wildman–Crippen MR) is 68.4 cm³/mol. The second-order valence-electron chi connectivity index (χ2n) is 4.49. The molecule has 96 valence electrons. The SMILES string of the molecule is CC(c1ccc(F)cc1)N(C)CCCCCO. The van der Waals surface area contributed by atoms with Gasteiger partial charge in [-0.1, -0.05) is 12.1 Å². The van der Waals surface area contributed by atoms with Crippen LogP contribution in [0.1, 0.15) is 37.8 Å². The Balaban J connectivity index is 2.40. The lowest BCUT2D eigenvalue weighted by atomic mass is 10.1. The molecular formula is C14H22FNO. The van der Waals surface area contributed by atoms with Crippen LogP contribution in [0, 0.1) is 5.82 Å². The van der Waals surface area contributed by atoms with Crippen molar-refractivity contribution in [3.8, 4) is 0 Å². The maximum atomic E-state index is 12.8. The van der Waals surface area contributed by atoms with E-state index in [4.69, 9.17) is 5.11 Å². The highest BCUT2D eigenvalue weighted by molar-refractivity contribution is 5.19. The van der Waals surface area contributed by atoms with Crippen LogP contribution in [0.4, 0.5) is 4.39 Å². The summed E-state index contributed by atoms with van der Waals surface area (Å²) in [6, 6.07) is 6.98. The first-order chi connectivity index (χ1) is 8.15. The Labute approximate surface area is 103 Å². The summed E-state index contributed by atoms with van der Waals surface area (Å²) in [4.78, 5) is 2.25. The van der Waals surface area contributed by atoms with E-state index >= 15 is 0 Å². The summed E-state index contributed by atoms with van der Waals surface area (Å²) in [5.41, 5.74) is 1.14. The summed E-state index contributed by atoms with van der Waals surface area (Å²) < 4.78 is 12.8. The van der Waals surface area contributed by atoms with Gasteiger partial charge < -0.3 is 5.11 Å². The molecule has 0 bridgehead atoms. The van der Waals surface area contributed by atoms with Gasteiger partial charge in [0.2, 0.25) is 0 Å². The van der Waals surface area contributed by atoms with E-state index in [-0.39, 0.29) is 12.4 Å². The topological polar surface area (TPSA) is 23.5 Å². The third kappa shape index (κ3) is 4.84. The average Bonchev–Trinajstić information content (AvgIpc) is 2.34. The number of aliphatic hydroxyl groups is 1. The Morgan fingerprint density at radius 1 is 1.18 bits per heavy atom. The Bertz CT molecular complexity index is 313. The van der Waals surface area contributed by atoms with Crippen molar-refractivity contribution in [3.63, 3.8) is 0 Å². The molecule has 1 unspecified atom stereocenters. The number of aliphatic hydroxyl groups excluding tert-OH is 1. The van der Waals surface area contributed by atoms with Gasteiger partial charge >= 0.3 is 0 Å². The molecule has 0 heterocycles. The minimum absolute atomic E-state index is 0.188. The normalized spacial score (nSPS) is 13.0. The summed E-state index contributed by atoms with van der Waals surface area (Å²) in [5.74, 6) is -0.188. The van der Waals surface area contributed by atoms with Gasteiger partial charge in [0.15, 0.2) is 0 Å². The van der Waals surface area contributed by atoms with Crippen LogP contribution in [0.15, 0.2) is 24.3 Å². The van der Waals surface area contributed by atoms with Crippen molar-refractivity contribution in [2.45, 2.75) is 32.2 Å². The standard InChI is InChI=1S/C14H22FNO/c1-12(13-6-8-14(15)9-7-13)16(2)10-4-3-5-11-17/h6-9,12,17H,3-5,10-11H2,1-2H3. The second kappa shape index (κ2) is 7.41. The molecule has 1 atom stereocenters. The van der Waals surface area contributed by atoms with Crippen LogP contribution >= 0.6 is 0 Å². The van der Waals surface area contributed by atoms with Crippen molar-refractivity contribution >= 4 is 0 Å². The minimum Gasteiger partial charge on any atom is -0.396 e. The quantitative estimate of drug-likeness (QED) is 0.739. The van der Waals surface area contributed by atoms with E-state index in [1.54, 1.807) is 0 Å². The molecule has 0 saturated carbocycles. The Hall–Kier alpha value is -0.930. The molecule has 0 spiro atoms. The van der Waals surface area contributed by atoms with Crippen molar-refractivity contribution < 1.29 is 9.50 Å². The maximum absolute atomic E-state index is 12.8. The molecule has 17 heavy (non-hydrogen) atoms. The fourth-order valence-corrected chi connectivity index (χ4v) is 1.84. The van der Waals surface area contributed by atoms with Crippen molar-refractivity contribution in [3.05, 3.63) is 35.6 Å². The molecule has 0 aromatic heterocycles. The predicted octanol–water partition coefficient (Wildman–Crippen LogP) is 2.98. The maximum Gasteiger partial charge on any atom is 0.123 e. The summed E-state index contributed by atoms with van der Waals surface area (Å²) in [6.07, 6.45) is 3.01. The van der Waals surface area contributed by atoms with Crippen molar-refractivity contribution in [2.24, 2.45) is 0 Å². The zero-order valence-electron chi connectivity index (χ0n) is 10.7. The average molecular weight is 239 g/mol.